The van der Waals surface area contributed by atoms with E-state index in [4.69, 9.17) is 22.7 Å². The van der Waals surface area contributed by atoms with Gasteiger partial charge >= 0.3 is 0 Å². The van der Waals surface area contributed by atoms with Gasteiger partial charge in [0.15, 0.2) is 5.82 Å². The topological polar surface area (TPSA) is 73.1 Å². The molecule has 2 unspecified atom stereocenters. The monoisotopic (exact) mass is 280 g/mol. The number of nitrogens with zero attached hydrogens (tertiary/aromatic N) is 2. The Hall–Kier alpha value is -1.27. The Balaban J connectivity index is 2.21. The fraction of sp³-hybridized carbons (Fsp3) is 0.615. The molecule has 0 radical (unpaired) electrons. The number of ether oxygens (including phenoxy) is 1. The third-order valence-electron chi connectivity index (χ3n) is 3.76. The summed E-state index contributed by atoms with van der Waals surface area (Å²) in [4.78, 5) is 0.360. The lowest BCUT2D eigenvalue weighted by atomic mass is 10.1. The summed E-state index contributed by atoms with van der Waals surface area (Å²) in [5.74, 6) is 0.692. The first kappa shape index (κ1) is 14.1. The Kier molecular flexibility index (Phi) is 4.31. The van der Waals surface area contributed by atoms with E-state index in [1.807, 2.05) is 13.8 Å². The Labute approximate surface area is 118 Å². The molecule has 6 heteroatoms. The van der Waals surface area contributed by atoms with E-state index in [1.165, 1.54) is 0 Å². The molecule has 1 aromatic rings. The zero-order valence-electron chi connectivity index (χ0n) is 11.6. The first-order chi connectivity index (χ1) is 9.02. The van der Waals surface area contributed by atoms with Gasteiger partial charge < -0.3 is 15.8 Å². The summed E-state index contributed by atoms with van der Waals surface area (Å²) in [7, 11) is 1.75. The lowest BCUT2D eigenvalue weighted by Gasteiger charge is -2.17. The zero-order valence-corrected chi connectivity index (χ0v) is 12.4. The van der Waals surface area contributed by atoms with Crippen molar-refractivity contribution in [2.75, 3.05) is 12.4 Å². The first-order valence-corrected chi connectivity index (χ1v) is 6.86. The molecule has 1 aliphatic carbocycles. The molecule has 1 heterocycles. The van der Waals surface area contributed by atoms with Gasteiger partial charge in [0.2, 0.25) is 0 Å². The normalized spacial score (nSPS) is 22.5. The number of thiocarbonyl (C=S) groups is 1. The van der Waals surface area contributed by atoms with Crippen LogP contribution in [0.5, 0.6) is 0 Å². The molecular weight excluding hydrogens is 260 g/mol. The van der Waals surface area contributed by atoms with E-state index in [9.17, 15) is 0 Å². The van der Waals surface area contributed by atoms with Gasteiger partial charge in [-0.25, -0.2) is 0 Å². The molecule has 0 saturated heterocycles. The highest BCUT2D eigenvalue weighted by atomic mass is 32.1. The maximum atomic E-state index is 5.81. The van der Waals surface area contributed by atoms with Gasteiger partial charge in [0.25, 0.3) is 0 Å². The van der Waals surface area contributed by atoms with Crippen LogP contribution >= 0.6 is 12.2 Å². The number of rotatable bonds is 4. The highest BCUT2D eigenvalue weighted by Gasteiger charge is 2.26. The van der Waals surface area contributed by atoms with Crippen LogP contribution < -0.4 is 11.1 Å². The van der Waals surface area contributed by atoms with Crippen molar-refractivity contribution < 1.29 is 4.74 Å². The lowest BCUT2D eigenvalue weighted by Crippen LogP contribution is -2.23. The smallest absolute Gasteiger partial charge is 0.159 e. The van der Waals surface area contributed by atoms with Crippen LogP contribution in [0.1, 0.15) is 36.1 Å². The predicted octanol–water partition coefficient (Wildman–Crippen LogP) is 1.71. The summed E-state index contributed by atoms with van der Waals surface area (Å²) in [6.07, 6.45) is 3.42. The van der Waals surface area contributed by atoms with Crippen LogP contribution in [0.15, 0.2) is 0 Å². The Morgan fingerprint density at radius 2 is 2.11 bits per heavy atom. The van der Waals surface area contributed by atoms with Gasteiger partial charge in [-0.3, -0.25) is 0 Å². The van der Waals surface area contributed by atoms with Crippen LogP contribution in [0.25, 0.3) is 0 Å². The van der Waals surface area contributed by atoms with Crippen molar-refractivity contribution in [3.63, 3.8) is 0 Å². The number of aryl methyl sites for hydroxylation is 1. The summed E-state index contributed by atoms with van der Waals surface area (Å²) in [5, 5.41) is 11.8. The van der Waals surface area contributed by atoms with Crippen molar-refractivity contribution in [2.45, 2.75) is 45.3 Å². The maximum absolute atomic E-state index is 5.81. The Morgan fingerprint density at radius 1 is 1.37 bits per heavy atom. The summed E-state index contributed by atoms with van der Waals surface area (Å²) < 4.78 is 5.37. The van der Waals surface area contributed by atoms with E-state index in [0.717, 1.165) is 36.1 Å². The minimum Gasteiger partial charge on any atom is -0.389 e. The average molecular weight is 280 g/mol. The molecule has 0 aromatic carbocycles. The number of nitrogens with two attached hydrogens (primary N) is 1. The molecule has 19 heavy (non-hydrogen) atoms. The van der Waals surface area contributed by atoms with Gasteiger partial charge in [-0.15, -0.1) is 5.10 Å². The summed E-state index contributed by atoms with van der Waals surface area (Å²) in [6, 6.07) is 0.342. The van der Waals surface area contributed by atoms with Gasteiger partial charge in [0.05, 0.1) is 17.4 Å². The van der Waals surface area contributed by atoms with Gasteiger partial charge in [-0.2, -0.15) is 5.10 Å². The highest BCUT2D eigenvalue weighted by molar-refractivity contribution is 7.80. The SMILES string of the molecule is COC1CCC(Nc2nnc(C)c(C)c2C(N)=S)C1. The minimum absolute atomic E-state index is 0.324. The number of hydrogen-bond acceptors (Lipinski definition) is 5. The van der Waals surface area contributed by atoms with Gasteiger partial charge in [-0.1, -0.05) is 12.2 Å². The third kappa shape index (κ3) is 3.01. The van der Waals surface area contributed by atoms with E-state index in [1.54, 1.807) is 7.11 Å². The van der Waals surface area contributed by atoms with E-state index in [2.05, 4.69) is 15.5 Å². The van der Waals surface area contributed by atoms with Gasteiger partial charge in [0, 0.05) is 13.2 Å². The molecule has 0 aliphatic heterocycles. The number of hydrogen-bond donors (Lipinski definition) is 2. The Morgan fingerprint density at radius 3 is 2.68 bits per heavy atom. The lowest BCUT2D eigenvalue weighted by molar-refractivity contribution is 0.108. The number of aromatic nitrogens is 2. The van der Waals surface area contributed by atoms with Crippen LogP contribution in [0, 0.1) is 13.8 Å². The second kappa shape index (κ2) is 5.79. The van der Waals surface area contributed by atoms with E-state index < -0.39 is 0 Å². The molecule has 2 atom stereocenters. The van der Waals surface area contributed by atoms with E-state index in [0.29, 0.717) is 23.0 Å². The highest BCUT2D eigenvalue weighted by Crippen LogP contribution is 2.26. The summed E-state index contributed by atoms with van der Waals surface area (Å²) in [5.41, 5.74) is 8.47. The largest absolute Gasteiger partial charge is 0.389 e. The van der Waals surface area contributed by atoms with Crippen LogP contribution in [0.3, 0.4) is 0 Å². The quantitative estimate of drug-likeness (QED) is 0.818. The molecule has 0 amide bonds. The molecule has 0 spiro atoms. The molecule has 1 aliphatic rings. The molecule has 3 N–H and O–H groups in total. The van der Waals surface area contributed by atoms with Crippen molar-refractivity contribution in [1.29, 1.82) is 0 Å². The Bertz CT molecular complexity index is 492. The van der Waals surface area contributed by atoms with Crippen LogP contribution in [0.2, 0.25) is 0 Å². The van der Waals surface area contributed by atoms with Crippen LogP contribution in [0.4, 0.5) is 5.82 Å². The minimum atomic E-state index is 0.324. The van der Waals surface area contributed by atoms with Gasteiger partial charge in [0.1, 0.15) is 4.99 Å². The second-order valence-electron chi connectivity index (χ2n) is 5.01. The molecular formula is C13H20N4OS. The van der Waals surface area contributed by atoms with Crippen molar-refractivity contribution in [3.8, 4) is 0 Å². The van der Waals surface area contributed by atoms with Gasteiger partial charge in [-0.05, 0) is 38.7 Å². The molecule has 2 rings (SSSR count). The molecule has 1 fully saturated rings. The van der Waals surface area contributed by atoms with Crippen LogP contribution in [-0.2, 0) is 4.74 Å². The molecule has 0 bridgehead atoms. The second-order valence-corrected chi connectivity index (χ2v) is 5.45. The summed E-state index contributed by atoms with van der Waals surface area (Å²) >= 11 is 5.13. The number of methoxy groups -OCH3 is 1. The molecule has 5 nitrogen and oxygen atoms in total. The molecule has 1 aromatic heterocycles. The molecule has 104 valence electrons. The van der Waals surface area contributed by atoms with Crippen molar-refractivity contribution in [2.24, 2.45) is 5.73 Å². The van der Waals surface area contributed by atoms with Crippen molar-refractivity contribution in [3.05, 3.63) is 16.8 Å². The predicted molar refractivity (Wildman–Crippen MR) is 79.5 cm³/mol. The van der Waals surface area contributed by atoms with E-state index in [-0.39, 0.29) is 0 Å². The maximum Gasteiger partial charge on any atom is 0.159 e. The van der Waals surface area contributed by atoms with E-state index >= 15 is 0 Å². The van der Waals surface area contributed by atoms with Crippen molar-refractivity contribution in [1.82, 2.24) is 10.2 Å². The first-order valence-electron chi connectivity index (χ1n) is 6.46. The molecule has 1 saturated carbocycles. The zero-order chi connectivity index (χ0) is 14.0. The third-order valence-corrected chi connectivity index (χ3v) is 3.96. The fourth-order valence-electron chi connectivity index (χ4n) is 2.49. The fourth-order valence-corrected chi connectivity index (χ4v) is 2.74. The average Bonchev–Trinajstić information content (AvgIpc) is 2.81. The standard InChI is InChI=1S/C13H20N4OS/c1-7-8(2)16-17-13(11(7)12(14)19)15-9-4-5-10(6-9)18-3/h9-10H,4-6H2,1-3H3,(H2,14,19)(H,15,17). The number of anilines is 1. The van der Waals surface area contributed by atoms with Crippen molar-refractivity contribution >= 4 is 23.0 Å². The van der Waals surface area contributed by atoms with Crippen LogP contribution in [-0.4, -0.2) is 34.4 Å². The number of nitrogens with one attached hydrogen (secondary N) is 1. The summed E-state index contributed by atoms with van der Waals surface area (Å²) in [6.45, 7) is 3.88.